The van der Waals surface area contributed by atoms with Crippen LogP contribution in [0.3, 0.4) is 0 Å². The SMILES string of the molecule is COc1ccc(CC(CCl)c2ccccc2F)cc1Br. The molecule has 2 aromatic rings. The average molecular weight is 358 g/mol. The third kappa shape index (κ3) is 3.53. The fraction of sp³-hybridized carbons (Fsp3) is 0.250. The van der Waals surface area contributed by atoms with Crippen molar-refractivity contribution in [2.45, 2.75) is 12.3 Å². The lowest BCUT2D eigenvalue weighted by Gasteiger charge is -2.16. The van der Waals surface area contributed by atoms with Crippen molar-refractivity contribution < 1.29 is 9.13 Å². The zero-order chi connectivity index (χ0) is 14.5. The van der Waals surface area contributed by atoms with E-state index in [9.17, 15) is 4.39 Å². The van der Waals surface area contributed by atoms with Gasteiger partial charge in [0.2, 0.25) is 0 Å². The van der Waals surface area contributed by atoms with E-state index in [1.807, 2.05) is 24.3 Å². The first kappa shape index (κ1) is 15.3. The predicted molar refractivity (Wildman–Crippen MR) is 84.3 cm³/mol. The molecule has 4 heteroatoms. The smallest absolute Gasteiger partial charge is 0.133 e. The topological polar surface area (TPSA) is 9.23 Å². The van der Waals surface area contributed by atoms with Gasteiger partial charge in [0, 0.05) is 11.8 Å². The van der Waals surface area contributed by atoms with Gasteiger partial charge in [0.1, 0.15) is 11.6 Å². The van der Waals surface area contributed by atoms with Gasteiger partial charge in [-0.2, -0.15) is 0 Å². The Balaban J connectivity index is 2.23. The molecule has 0 aromatic heterocycles. The molecule has 0 amide bonds. The number of methoxy groups -OCH3 is 1. The minimum Gasteiger partial charge on any atom is -0.496 e. The van der Waals surface area contributed by atoms with E-state index in [-0.39, 0.29) is 11.7 Å². The van der Waals surface area contributed by atoms with Gasteiger partial charge < -0.3 is 4.74 Å². The molecule has 106 valence electrons. The second-order valence-corrected chi connectivity index (χ2v) is 5.71. The molecule has 0 heterocycles. The van der Waals surface area contributed by atoms with Crippen molar-refractivity contribution in [2.75, 3.05) is 13.0 Å². The number of hydrogen-bond acceptors (Lipinski definition) is 1. The van der Waals surface area contributed by atoms with E-state index >= 15 is 0 Å². The van der Waals surface area contributed by atoms with Gasteiger partial charge in [0.15, 0.2) is 0 Å². The van der Waals surface area contributed by atoms with Crippen LogP contribution in [0.25, 0.3) is 0 Å². The van der Waals surface area contributed by atoms with E-state index in [2.05, 4.69) is 15.9 Å². The van der Waals surface area contributed by atoms with E-state index in [1.54, 1.807) is 19.2 Å². The molecule has 1 unspecified atom stereocenters. The Morgan fingerprint density at radius 1 is 1.25 bits per heavy atom. The molecule has 0 aliphatic rings. The van der Waals surface area contributed by atoms with Crippen molar-refractivity contribution in [1.29, 1.82) is 0 Å². The summed E-state index contributed by atoms with van der Waals surface area (Å²) in [6.45, 7) is 0. The van der Waals surface area contributed by atoms with E-state index in [0.717, 1.165) is 15.8 Å². The van der Waals surface area contributed by atoms with Crippen LogP contribution in [0.4, 0.5) is 4.39 Å². The van der Waals surface area contributed by atoms with Crippen LogP contribution in [-0.2, 0) is 6.42 Å². The van der Waals surface area contributed by atoms with Gasteiger partial charge in [-0.1, -0.05) is 24.3 Å². The van der Waals surface area contributed by atoms with Gasteiger partial charge in [0.05, 0.1) is 11.6 Å². The summed E-state index contributed by atoms with van der Waals surface area (Å²) in [6, 6.07) is 12.6. The van der Waals surface area contributed by atoms with Crippen LogP contribution in [-0.4, -0.2) is 13.0 Å². The van der Waals surface area contributed by atoms with Gasteiger partial charge in [-0.3, -0.25) is 0 Å². The molecule has 0 radical (unpaired) electrons. The highest BCUT2D eigenvalue weighted by atomic mass is 79.9. The summed E-state index contributed by atoms with van der Waals surface area (Å²) in [6.07, 6.45) is 0.688. The van der Waals surface area contributed by atoms with E-state index < -0.39 is 0 Å². The van der Waals surface area contributed by atoms with E-state index in [1.165, 1.54) is 6.07 Å². The van der Waals surface area contributed by atoms with Crippen molar-refractivity contribution in [3.05, 3.63) is 63.9 Å². The number of rotatable bonds is 5. The molecule has 0 bridgehead atoms. The van der Waals surface area contributed by atoms with Crippen LogP contribution >= 0.6 is 27.5 Å². The monoisotopic (exact) mass is 356 g/mol. The van der Waals surface area contributed by atoms with Gasteiger partial charge >= 0.3 is 0 Å². The predicted octanol–water partition coefficient (Wildman–Crippen LogP) is 5.16. The lowest BCUT2D eigenvalue weighted by Crippen LogP contribution is -2.07. The maximum Gasteiger partial charge on any atom is 0.133 e. The molecular formula is C16H15BrClFO. The third-order valence-corrected chi connectivity index (χ3v) is 4.22. The highest BCUT2D eigenvalue weighted by Gasteiger charge is 2.15. The van der Waals surface area contributed by atoms with Gasteiger partial charge in [-0.05, 0) is 51.7 Å². The van der Waals surface area contributed by atoms with Crippen LogP contribution in [0, 0.1) is 5.82 Å². The summed E-state index contributed by atoms with van der Waals surface area (Å²) in [5.41, 5.74) is 1.75. The second-order valence-electron chi connectivity index (χ2n) is 4.55. The molecule has 20 heavy (non-hydrogen) atoms. The molecule has 0 aliphatic heterocycles. The summed E-state index contributed by atoms with van der Waals surface area (Å²) >= 11 is 9.48. The molecule has 0 saturated heterocycles. The lowest BCUT2D eigenvalue weighted by atomic mass is 9.93. The molecule has 0 N–H and O–H groups in total. The first-order chi connectivity index (χ1) is 9.65. The lowest BCUT2D eigenvalue weighted by molar-refractivity contribution is 0.412. The number of alkyl halides is 1. The molecule has 0 fully saturated rings. The highest BCUT2D eigenvalue weighted by molar-refractivity contribution is 9.10. The number of hydrogen-bond donors (Lipinski definition) is 0. The number of halogens is 3. The molecule has 2 rings (SSSR count). The zero-order valence-electron chi connectivity index (χ0n) is 11.1. The third-order valence-electron chi connectivity index (χ3n) is 3.23. The summed E-state index contributed by atoms with van der Waals surface area (Å²) in [5, 5.41) is 0. The van der Waals surface area contributed by atoms with Crippen molar-refractivity contribution >= 4 is 27.5 Å². The summed E-state index contributed by atoms with van der Waals surface area (Å²) < 4.78 is 19.9. The van der Waals surface area contributed by atoms with E-state index in [4.69, 9.17) is 16.3 Å². The maximum atomic E-state index is 13.8. The minimum absolute atomic E-state index is 0.0434. The highest BCUT2D eigenvalue weighted by Crippen LogP contribution is 2.29. The molecule has 2 aromatic carbocycles. The van der Waals surface area contributed by atoms with Crippen molar-refractivity contribution in [3.8, 4) is 5.75 Å². The van der Waals surface area contributed by atoms with Gasteiger partial charge in [-0.25, -0.2) is 4.39 Å². The fourth-order valence-electron chi connectivity index (χ4n) is 2.18. The average Bonchev–Trinajstić information content (AvgIpc) is 2.46. The molecule has 0 aliphatic carbocycles. The first-order valence-electron chi connectivity index (χ1n) is 6.28. The Labute approximate surface area is 131 Å². The van der Waals surface area contributed by atoms with Crippen LogP contribution in [0.1, 0.15) is 17.0 Å². The Hall–Kier alpha value is -1.06. The molecule has 1 atom stereocenters. The van der Waals surface area contributed by atoms with Gasteiger partial charge in [-0.15, -0.1) is 11.6 Å². The summed E-state index contributed by atoms with van der Waals surface area (Å²) in [4.78, 5) is 0. The van der Waals surface area contributed by atoms with Crippen molar-refractivity contribution in [1.82, 2.24) is 0 Å². The van der Waals surface area contributed by atoms with Crippen molar-refractivity contribution in [3.63, 3.8) is 0 Å². The Bertz CT molecular complexity index is 588. The molecular weight excluding hydrogens is 343 g/mol. The van der Waals surface area contributed by atoms with Crippen LogP contribution in [0.2, 0.25) is 0 Å². The quantitative estimate of drug-likeness (QED) is 0.671. The van der Waals surface area contributed by atoms with Crippen LogP contribution < -0.4 is 4.74 Å². The zero-order valence-corrected chi connectivity index (χ0v) is 13.4. The minimum atomic E-state index is -0.203. The summed E-state index contributed by atoms with van der Waals surface area (Å²) in [5.74, 6) is 0.913. The Morgan fingerprint density at radius 3 is 2.60 bits per heavy atom. The first-order valence-corrected chi connectivity index (χ1v) is 7.61. The normalized spacial score (nSPS) is 12.2. The number of ether oxygens (including phenoxy) is 1. The molecule has 0 spiro atoms. The fourth-order valence-corrected chi connectivity index (χ4v) is 3.04. The Morgan fingerprint density at radius 2 is 2.00 bits per heavy atom. The van der Waals surface area contributed by atoms with E-state index in [0.29, 0.717) is 17.9 Å². The van der Waals surface area contributed by atoms with Crippen molar-refractivity contribution in [2.24, 2.45) is 0 Å². The summed E-state index contributed by atoms with van der Waals surface area (Å²) in [7, 11) is 1.63. The Kier molecular flexibility index (Phi) is 5.44. The number of benzene rings is 2. The maximum absolute atomic E-state index is 13.8. The largest absolute Gasteiger partial charge is 0.496 e. The second kappa shape index (κ2) is 7.09. The van der Waals surface area contributed by atoms with Crippen LogP contribution in [0.5, 0.6) is 5.75 Å². The van der Waals surface area contributed by atoms with Gasteiger partial charge in [0.25, 0.3) is 0 Å². The molecule has 0 saturated carbocycles. The van der Waals surface area contributed by atoms with Crippen LogP contribution in [0.15, 0.2) is 46.9 Å². The molecule has 1 nitrogen and oxygen atoms in total. The standard InChI is InChI=1S/C16H15BrClFO/c1-20-16-7-6-11(9-14(16)17)8-12(10-18)13-4-2-3-5-15(13)19/h2-7,9,12H,8,10H2,1H3.